The van der Waals surface area contributed by atoms with E-state index in [9.17, 15) is 13.2 Å². The molecule has 0 saturated carbocycles. The Labute approximate surface area is 165 Å². The second-order valence-corrected chi connectivity index (χ2v) is 9.25. The lowest BCUT2D eigenvalue weighted by Gasteiger charge is -2.25. The van der Waals surface area contributed by atoms with E-state index in [2.05, 4.69) is 5.32 Å². The quantitative estimate of drug-likeness (QED) is 0.836. The fourth-order valence-corrected chi connectivity index (χ4v) is 5.37. The Bertz CT molecular complexity index is 976. The zero-order chi connectivity index (χ0) is 19.8. The summed E-state index contributed by atoms with van der Waals surface area (Å²) in [6.45, 7) is 4.68. The highest BCUT2D eigenvalue weighted by Crippen LogP contribution is 2.27. The third-order valence-electron chi connectivity index (χ3n) is 5.03. The Hall–Kier alpha value is -1.83. The molecule has 2 heterocycles. The van der Waals surface area contributed by atoms with Crippen molar-refractivity contribution in [1.82, 2.24) is 8.87 Å². The summed E-state index contributed by atoms with van der Waals surface area (Å²) >= 11 is 6.19. The lowest BCUT2D eigenvalue weighted by atomic mass is 10.2. The van der Waals surface area contributed by atoms with Crippen LogP contribution in [-0.2, 0) is 17.1 Å². The summed E-state index contributed by atoms with van der Waals surface area (Å²) in [6, 6.07) is 6.80. The lowest BCUT2D eigenvalue weighted by molar-refractivity contribution is 0.101. The molecule has 0 spiro atoms. The molecule has 0 unspecified atom stereocenters. The number of hydrogen-bond donors (Lipinski definition) is 1. The fourth-order valence-electron chi connectivity index (χ4n) is 3.30. The van der Waals surface area contributed by atoms with Gasteiger partial charge in [0.25, 0.3) is 5.91 Å². The molecule has 3 rings (SSSR count). The van der Waals surface area contributed by atoms with Crippen LogP contribution in [0.25, 0.3) is 0 Å². The van der Waals surface area contributed by atoms with Crippen molar-refractivity contribution in [2.45, 2.75) is 38.0 Å². The molecule has 1 aliphatic rings. The number of carbonyl (C=O) groups excluding carboxylic acids is 1. The number of amides is 1. The number of anilines is 1. The van der Waals surface area contributed by atoms with Gasteiger partial charge >= 0.3 is 0 Å². The summed E-state index contributed by atoms with van der Waals surface area (Å²) < 4.78 is 29.1. The van der Waals surface area contributed by atoms with Crippen LogP contribution in [0.15, 0.2) is 29.2 Å². The summed E-state index contributed by atoms with van der Waals surface area (Å²) in [4.78, 5) is 12.9. The first-order valence-corrected chi connectivity index (χ1v) is 10.8. The molecule has 0 radical (unpaired) electrons. The molecule has 2 aromatic rings. The van der Waals surface area contributed by atoms with Gasteiger partial charge in [0.2, 0.25) is 10.0 Å². The maximum atomic E-state index is 13.0. The Morgan fingerprint density at radius 3 is 2.41 bits per heavy atom. The average Bonchev–Trinajstić information content (AvgIpc) is 2.94. The fraction of sp³-hybridized carbons (Fsp3) is 0.421. The second-order valence-electron chi connectivity index (χ2n) is 6.94. The zero-order valence-electron chi connectivity index (χ0n) is 15.8. The van der Waals surface area contributed by atoms with Crippen molar-refractivity contribution >= 4 is 33.2 Å². The van der Waals surface area contributed by atoms with Crippen LogP contribution in [0.2, 0.25) is 5.02 Å². The minimum absolute atomic E-state index is 0.187. The molecule has 1 N–H and O–H groups in total. The third-order valence-corrected chi connectivity index (χ3v) is 7.35. The largest absolute Gasteiger partial charge is 0.343 e. The van der Waals surface area contributed by atoms with E-state index in [0.29, 0.717) is 29.5 Å². The minimum atomic E-state index is -3.61. The Morgan fingerprint density at radius 2 is 1.78 bits per heavy atom. The number of benzene rings is 1. The number of aromatic nitrogens is 1. The highest BCUT2D eigenvalue weighted by molar-refractivity contribution is 7.89. The van der Waals surface area contributed by atoms with Crippen LogP contribution in [0.5, 0.6) is 0 Å². The maximum absolute atomic E-state index is 13.0. The van der Waals surface area contributed by atoms with Crippen molar-refractivity contribution < 1.29 is 13.2 Å². The Balaban J connectivity index is 1.91. The molecule has 0 atom stereocenters. The van der Waals surface area contributed by atoms with E-state index in [0.717, 1.165) is 24.8 Å². The van der Waals surface area contributed by atoms with Crippen LogP contribution in [0, 0.1) is 13.8 Å². The predicted molar refractivity (Wildman–Crippen MR) is 107 cm³/mol. The van der Waals surface area contributed by atoms with Crippen LogP contribution in [0.4, 0.5) is 5.69 Å². The molecule has 1 saturated heterocycles. The van der Waals surface area contributed by atoms with Crippen LogP contribution >= 0.6 is 11.6 Å². The first-order chi connectivity index (χ1) is 12.7. The molecule has 6 nitrogen and oxygen atoms in total. The standard InChI is InChI=1S/C19H24ClN3O3S/c1-13-7-8-16(15(20)11-13)21-19(24)17-12-18(14(2)22(17)3)27(25,26)23-9-5-4-6-10-23/h7-8,11-12H,4-6,9-10H2,1-3H3,(H,21,24). The highest BCUT2D eigenvalue weighted by atomic mass is 35.5. The van der Waals surface area contributed by atoms with E-state index < -0.39 is 15.9 Å². The van der Waals surface area contributed by atoms with Gasteiger partial charge in [0.1, 0.15) is 10.6 Å². The van der Waals surface area contributed by atoms with Crippen molar-refractivity contribution in [3.63, 3.8) is 0 Å². The van der Waals surface area contributed by atoms with Gasteiger partial charge < -0.3 is 9.88 Å². The first kappa shape index (κ1) is 19.9. The monoisotopic (exact) mass is 409 g/mol. The van der Waals surface area contributed by atoms with Crippen molar-refractivity contribution in [1.29, 1.82) is 0 Å². The maximum Gasteiger partial charge on any atom is 0.272 e. The van der Waals surface area contributed by atoms with Gasteiger partial charge in [-0.3, -0.25) is 4.79 Å². The molecule has 0 bridgehead atoms. The van der Waals surface area contributed by atoms with Gasteiger partial charge in [-0.1, -0.05) is 24.1 Å². The topological polar surface area (TPSA) is 71.4 Å². The normalized spacial score (nSPS) is 15.7. The van der Waals surface area contributed by atoms with E-state index in [1.54, 1.807) is 30.7 Å². The molecular weight excluding hydrogens is 386 g/mol. The van der Waals surface area contributed by atoms with Crippen molar-refractivity contribution in [2.75, 3.05) is 18.4 Å². The predicted octanol–water partition coefficient (Wildman–Crippen LogP) is 3.72. The van der Waals surface area contributed by atoms with Gasteiger partial charge in [0, 0.05) is 25.8 Å². The third kappa shape index (κ3) is 3.90. The lowest BCUT2D eigenvalue weighted by Crippen LogP contribution is -2.35. The highest BCUT2D eigenvalue weighted by Gasteiger charge is 2.30. The summed E-state index contributed by atoms with van der Waals surface area (Å²) in [5.41, 5.74) is 2.30. The summed E-state index contributed by atoms with van der Waals surface area (Å²) in [5, 5.41) is 3.21. The van der Waals surface area contributed by atoms with Crippen molar-refractivity contribution in [3.8, 4) is 0 Å². The van der Waals surface area contributed by atoms with Gasteiger partial charge in [-0.25, -0.2) is 8.42 Å². The van der Waals surface area contributed by atoms with Gasteiger partial charge in [0.05, 0.1) is 10.7 Å². The number of carbonyl (C=O) groups is 1. The van der Waals surface area contributed by atoms with Crippen LogP contribution in [0.1, 0.15) is 41.0 Å². The van der Waals surface area contributed by atoms with Crippen molar-refractivity contribution in [2.24, 2.45) is 7.05 Å². The number of rotatable bonds is 4. The van der Waals surface area contributed by atoms with Gasteiger partial charge in [0.15, 0.2) is 0 Å². The minimum Gasteiger partial charge on any atom is -0.343 e. The molecule has 0 aliphatic carbocycles. The van der Waals surface area contributed by atoms with E-state index in [1.165, 1.54) is 10.4 Å². The molecular formula is C19H24ClN3O3S. The molecule has 1 amide bonds. The van der Waals surface area contributed by atoms with Crippen molar-refractivity contribution in [3.05, 3.63) is 46.2 Å². The van der Waals surface area contributed by atoms with Gasteiger partial charge in [-0.15, -0.1) is 0 Å². The van der Waals surface area contributed by atoms with Crippen LogP contribution in [-0.4, -0.2) is 36.3 Å². The number of hydrogen-bond acceptors (Lipinski definition) is 3. The number of aryl methyl sites for hydroxylation is 1. The molecule has 1 aromatic carbocycles. The second kappa shape index (κ2) is 7.66. The van der Waals surface area contributed by atoms with E-state index in [1.807, 2.05) is 13.0 Å². The summed E-state index contributed by atoms with van der Waals surface area (Å²) in [5.74, 6) is -0.397. The Kier molecular flexibility index (Phi) is 5.65. The average molecular weight is 410 g/mol. The van der Waals surface area contributed by atoms with Gasteiger partial charge in [-0.05, 0) is 50.5 Å². The molecule has 8 heteroatoms. The number of halogens is 1. The van der Waals surface area contributed by atoms with E-state index in [4.69, 9.17) is 11.6 Å². The molecule has 146 valence electrons. The smallest absolute Gasteiger partial charge is 0.272 e. The van der Waals surface area contributed by atoms with Crippen LogP contribution in [0.3, 0.4) is 0 Å². The summed E-state index contributed by atoms with van der Waals surface area (Å²) in [6.07, 6.45) is 2.78. The Morgan fingerprint density at radius 1 is 1.11 bits per heavy atom. The number of sulfonamides is 1. The molecule has 1 aromatic heterocycles. The molecule has 27 heavy (non-hydrogen) atoms. The molecule has 1 fully saturated rings. The number of nitrogens with one attached hydrogen (secondary N) is 1. The van der Waals surface area contributed by atoms with Crippen LogP contribution < -0.4 is 5.32 Å². The number of nitrogens with zero attached hydrogens (tertiary/aromatic N) is 2. The van der Waals surface area contributed by atoms with E-state index in [-0.39, 0.29) is 10.6 Å². The SMILES string of the molecule is Cc1ccc(NC(=O)c2cc(S(=O)(=O)N3CCCCC3)c(C)n2C)c(Cl)c1. The van der Waals surface area contributed by atoms with Gasteiger partial charge in [-0.2, -0.15) is 4.31 Å². The zero-order valence-corrected chi connectivity index (χ0v) is 17.3. The summed E-state index contributed by atoms with van der Waals surface area (Å²) in [7, 11) is -1.92. The first-order valence-electron chi connectivity index (χ1n) is 8.96. The number of piperidine rings is 1. The molecule has 1 aliphatic heterocycles. The van der Waals surface area contributed by atoms with E-state index >= 15 is 0 Å².